The van der Waals surface area contributed by atoms with Crippen LogP contribution < -0.4 is 5.73 Å². The van der Waals surface area contributed by atoms with Crippen molar-refractivity contribution in [2.45, 2.75) is 69.9 Å². The third-order valence-corrected chi connectivity index (χ3v) is 4.50. The number of rotatable bonds is 2. The van der Waals surface area contributed by atoms with E-state index < -0.39 is 0 Å². The second-order valence-corrected chi connectivity index (χ2v) is 5.74. The van der Waals surface area contributed by atoms with Gasteiger partial charge in [-0.3, -0.25) is 0 Å². The number of hydrogen-bond donors (Lipinski definition) is 1. The van der Waals surface area contributed by atoms with E-state index in [9.17, 15) is 0 Å². The molecule has 2 fully saturated rings. The van der Waals surface area contributed by atoms with Gasteiger partial charge in [0.25, 0.3) is 0 Å². The molecule has 2 N–H and O–H groups in total. The summed E-state index contributed by atoms with van der Waals surface area (Å²) < 4.78 is 2.35. The maximum absolute atomic E-state index is 6.54. The van der Waals surface area contributed by atoms with E-state index in [1.54, 1.807) is 0 Å². The first-order valence-electron chi connectivity index (χ1n) is 6.91. The van der Waals surface area contributed by atoms with Gasteiger partial charge >= 0.3 is 0 Å². The molecule has 4 heteroatoms. The third-order valence-electron chi connectivity index (χ3n) is 4.50. The van der Waals surface area contributed by atoms with E-state index in [0.29, 0.717) is 6.04 Å². The van der Waals surface area contributed by atoms with Crippen LogP contribution in [-0.4, -0.2) is 14.8 Å². The van der Waals surface area contributed by atoms with Crippen LogP contribution in [0.4, 0.5) is 0 Å². The van der Waals surface area contributed by atoms with Gasteiger partial charge in [-0.2, -0.15) is 0 Å². The lowest BCUT2D eigenvalue weighted by Crippen LogP contribution is -2.37. The monoisotopic (exact) mass is 234 g/mol. The minimum absolute atomic E-state index is 0.205. The molecule has 0 atom stereocenters. The molecule has 0 amide bonds. The highest BCUT2D eigenvalue weighted by atomic mass is 15.3. The number of aryl methyl sites for hydroxylation is 1. The molecule has 94 valence electrons. The van der Waals surface area contributed by atoms with Crippen molar-refractivity contribution < 1.29 is 0 Å². The summed E-state index contributed by atoms with van der Waals surface area (Å²) in [6, 6.07) is 0.598. The van der Waals surface area contributed by atoms with Gasteiger partial charge in [0.05, 0.1) is 5.54 Å². The average molecular weight is 234 g/mol. The molecular formula is C13H22N4. The van der Waals surface area contributed by atoms with Crippen molar-refractivity contribution in [2.24, 2.45) is 5.73 Å². The SMILES string of the molecule is Cc1nnc(C2(N)CCCC2)n1C1CCCC1. The molecule has 0 spiro atoms. The molecule has 0 radical (unpaired) electrons. The Morgan fingerprint density at radius 1 is 1.12 bits per heavy atom. The molecule has 2 saturated carbocycles. The number of hydrogen-bond acceptors (Lipinski definition) is 3. The molecule has 0 unspecified atom stereocenters. The van der Waals surface area contributed by atoms with Gasteiger partial charge < -0.3 is 10.3 Å². The summed E-state index contributed by atoms with van der Waals surface area (Å²) in [6.07, 6.45) is 9.79. The zero-order chi connectivity index (χ0) is 11.9. The quantitative estimate of drug-likeness (QED) is 0.855. The van der Waals surface area contributed by atoms with Crippen molar-refractivity contribution in [1.82, 2.24) is 14.8 Å². The molecule has 17 heavy (non-hydrogen) atoms. The Morgan fingerprint density at radius 2 is 1.76 bits per heavy atom. The number of nitrogens with zero attached hydrogens (tertiary/aromatic N) is 3. The second-order valence-electron chi connectivity index (χ2n) is 5.74. The van der Waals surface area contributed by atoms with Crippen molar-refractivity contribution in [1.29, 1.82) is 0 Å². The molecule has 0 bridgehead atoms. The Balaban J connectivity index is 1.99. The minimum atomic E-state index is -0.205. The predicted molar refractivity (Wildman–Crippen MR) is 66.6 cm³/mol. The zero-order valence-corrected chi connectivity index (χ0v) is 10.7. The van der Waals surface area contributed by atoms with Crippen LogP contribution in [0.1, 0.15) is 69.1 Å². The van der Waals surface area contributed by atoms with Gasteiger partial charge in [-0.15, -0.1) is 10.2 Å². The molecule has 1 aromatic heterocycles. The molecule has 0 aromatic carbocycles. The Hall–Kier alpha value is -0.900. The Morgan fingerprint density at radius 3 is 2.41 bits per heavy atom. The largest absolute Gasteiger partial charge is 0.319 e. The molecule has 1 heterocycles. The van der Waals surface area contributed by atoms with Gasteiger partial charge in [0, 0.05) is 6.04 Å². The third kappa shape index (κ3) is 1.79. The highest BCUT2D eigenvalue weighted by Crippen LogP contribution is 2.39. The van der Waals surface area contributed by atoms with Crippen LogP contribution in [0.25, 0.3) is 0 Å². The summed E-state index contributed by atoms with van der Waals surface area (Å²) in [6.45, 7) is 2.06. The maximum Gasteiger partial charge on any atom is 0.153 e. The first kappa shape index (κ1) is 11.2. The normalized spacial score (nSPS) is 24.6. The first-order chi connectivity index (χ1) is 8.21. The Bertz CT molecular complexity index is 398. The lowest BCUT2D eigenvalue weighted by Gasteiger charge is -2.26. The van der Waals surface area contributed by atoms with E-state index in [1.165, 1.54) is 38.5 Å². The van der Waals surface area contributed by atoms with Gasteiger partial charge in [0.1, 0.15) is 5.82 Å². The lowest BCUT2D eigenvalue weighted by molar-refractivity contribution is 0.376. The second kappa shape index (κ2) is 4.09. The fraction of sp³-hybridized carbons (Fsp3) is 0.846. The predicted octanol–water partition coefficient (Wildman–Crippen LogP) is 2.43. The fourth-order valence-electron chi connectivity index (χ4n) is 3.54. The van der Waals surface area contributed by atoms with Crippen LogP contribution in [0.3, 0.4) is 0 Å². The molecule has 2 aliphatic rings. The average Bonchev–Trinajstić information content (AvgIpc) is 2.97. The van der Waals surface area contributed by atoms with Crippen molar-refractivity contribution >= 4 is 0 Å². The lowest BCUT2D eigenvalue weighted by atomic mass is 9.97. The van der Waals surface area contributed by atoms with E-state index in [1.807, 2.05) is 0 Å². The molecule has 0 aliphatic heterocycles. The van der Waals surface area contributed by atoms with Crippen molar-refractivity contribution in [3.63, 3.8) is 0 Å². The van der Waals surface area contributed by atoms with E-state index >= 15 is 0 Å². The summed E-state index contributed by atoms with van der Waals surface area (Å²) in [5, 5.41) is 8.69. The van der Waals surface area contributed by atoms with Crippen LogP contribution in [0, 0.1) is 6.92 Å². The first-order valence-corrected chi connectivity index (χ1v) is 6.91. The van der Waals surface area contributed by atoms with Crippen molar-refractivity contribution in [2.75, 3.05) is 0 Å². The van der Waals surface area contributed by atoms with E-state index in [-0.39, 0.29) is 5.54 Å². The summed E-state index contributed by atoms with van der Waals surface area (Å²) in [7, 11) is 0. The van der Waals surface area contributed by atoms with Crippen LogP contribution >= 0.6 is 0 Å². The zero-order valence-electron chi connectivity index (χ0n) is 10.7. The van der Waals surface area contributed by atoms with Crippen LogP contribution in [0.2, 0.25) is 0 Å². The molecule has 2 aliphatic carbocycles. The summed E-state index contributed by atoms with van der Waals surface area (Å²) in [4.78, 5) is 0. The van der Waals surface area contributed by atoms with E-state index in [2.05, 4.69) is 21.7 Å². The van der Waals surface area contributed by atoms with Crippen molar-refractivity contribution in [3.05, 3.63) is 11.6 Å². The number of nitrogens with two attached hydrogens (primary N) is 1. The minimum Gasteiger partial charge on any atom is -0.319 e. The Labute approximate surface area is 103 Å². The summed E-state index contributed by atoms with van der Waals surface area (Å²) in [5.74, 6) is 2.10. The molecule has 4 nitrogen and oxygen atoms in total. The molecule has 3 rings (SSSR count). The molecular weight excluding hydrogens is 212 g/mol. The van der Waals surface area contributed by atoms with Gasteiger partial charge in [-0.25, -0.2) is 0 Å². The topological polar surface area (TPSA) is 56.7 Å². The summed E-state index contributed by atoms with van der Waals surface area (Å²) >= 11 is 0. The molecule has 0 saturated heterocycles. The smallest absolute Gasteiger partial charge is 0.153 e. The van der Waals surface area contributed by atoms with E-state index in [0.717, 1.165) is 24.5 Å². The van der Waals surface area contributed by atoms with Crippen LogP contribution in [0.5, 0.6) is 0 Å². The van der Waals surface area contributed by atoms with E-state index in [4.69, 9.17) is 5.73 Å². The fourth-order valence-corrected chi connectivity index (χ4v) is 3.54. The number of aromatic nitrogens is 3. The van der Waals surface area contributed by atoms with Crippen LogP contribution in [-0.2, 0) is 5.54 Å². The van der Waals surface area contributed by atoms with Crippen molar-refractivity contribution in [3.8, 4) is 0 Å². The Kier molecular flexibility index (Phi) is 2.69. The van der Waals surface area contributed by atoms with Crippen LogP contribution in [0.15, 0.2) is 0 Å². The standard InChI is InChI=1S/C13H22N4/c1-10-15-16-12(13(14)8-4-5-9-13)17(10)11-6-2-3-7-11/h11H,2-9,14H2,1H3. The van der Waals surface area contributed by atoms with Gasteiger partial charge in [-0.05, 0) is 32.6 Å². The van der Waals surface area contributed by atoms with Gasteiger partial charge in [0.2, 0.25) is 0 Å². The molecule has 1 aromatic rings. The highest BCUT2D eigenvalue weighted by Gasteiger charge is 2.38. The summed E-state index contributed by atoms with van der Waals surface area (Å²) in [5.41, 5.74) is 6.33. The van der Waals surface area contributed by atoms with Gasteiger partial charge in [0.15, 0.2) is 5.82 Å². The highest BCUT2D eigenvalue weighted by molar-refractivity contribution is 5.12. The maximum atomic E-state index is 6.54. The van der Waals surface area contributed by atoms with Gasteiger partial charge in [-0.1, -0.05) is 25.7 Å².